The number of hydrogen-bond acceptors (Lipinski definition) is 4. The maximum absolute atomic E-state index is 12.7. The van der Waals surface area contributed by atoms with Crippen molar-refractivity contribution in [1.82, 2.24) is 9.62 Å². The van der Waals surface area contributed by atoms with E-state index in [9.17, 15) is 8.42 Å². The molecular weight excluding hydrogens is 348 g/mol. The summed E-state index contributed by atoms with van der Waals surface area (Å²) in [6, 6.07) is 2.08. The van der Waals surface area contributed by atoms with E-state index in [1.807, 2.05) is 6.92 Å². The molecule has 108 valence electrons. The molecule has 1 aromatic rings. The van der Waals surface area contributed by atoms with E-state index < -0.39 is 10.0 Å². The van der Waals surface area contributed by atoms with E-state index in [0.29, 0.717) is 27.8 Å². The van der Waals surface area contributed by atoms with Gasteiger partial charge in [0.25, 0.3) is 10.0 Å². The normalized spacial score (nSPS) is 20.3. The van der Waals surface area contributed by atoms with Gasteiger partial charge < -0.3 is 5.32 Å². The quantitative estimate of drug-likeness (QED) is 0.841. The summed E-state index contributed by atoms with van der Waals surface area (Å²) in [5.74, 6) is 0. The summed E-state index contributed by atoms with van der Waals surface area (Å²) in [5, 5.41) is 5.16. The molecule has 1 aromatic heterocycles. The third-order valence-electron chi connectivity index (χ3n) is 3.22. The summed E-state index contributed by atoms with van der Waals surface area (Å²) in [4.78, 5) is 0. The van der Waals surface area contributed by atoms with Crippen molar-refractivity contribution in [2.24, 2.45) is 0 Å². The molecule has 1 N–H and O–H groups in total. The predicted octanol–water partition coefficient (Wildman–Crippen LogP) is 2.66. The van der Waals surface area contributed by atoms with E-state index in [2.05, 4.69) is 21.2 Å². The van der Waals surface area contributed by atoms with Crippen LogP contribution in [0, 0.1) is 0 Å². The monoisotopic (exact) mass is 366 g/mol. The number of rotatable bonds is 6. The number of sulfonamides is 1. The zero-order valence-corrected chi connectivity index (χ0v) is 14.2. The summed E-state index contributed by atoms with van der Waals surface area (Å²) in [6.07, 6.45) is 3.02. The van der Waals surface area contributed by atoms with Crippen molar-refractivity contribution in [2.45, 2.75) is 36.4 Å². The average Bonchev–Trinajstić information content (AvgIpc) is 2.99. The van der Waals surface area contributed by atoms with Crippen LogP contribution in [0.3, 0.4) is 0 Å². The van der Waals surface area contributed by atoms with Gasteiger partial charge in [-0.1, -0.05) is 6.92 Å². The Labute approximate surface area is 127 Å². The SMILES string of the molecule is CCCN(CC1CCCN1)S(=O)(=O)c1sccc1Br. The summed E-state index contributed by atoms with van der Waals surface area (Å²) >= 11 is 4.59. The first-order chi connectivity index (χ1) is 9.05. The number of nitrogens with one attached hydrogen (secondary N) is 1. The Bertz CT molecular complexity index is 510. The lowest BCUT2D eigenvalue weighted by Gasteiger charge is -2.24. The minimum absolute atomic E-state index is 0.292. The van der Waals surface area contributed by atoms with E-state index >= 15 is 0 Å². The van der Waals surface area contributed by atoms with Crippen molar-refractivity contribution in [1.29, 1.82) is 0 Å². The van der Waals surface area contributed by atoms with Crippen LogP contribution in [-0.4, -0.2) is 38.4 Å². The van der Waals surface area contributed by atoms with Crippen LogP contribution in [0.5, 0.6) is 0 Å². The van der Waals surface area contributed by atoms with E-state index in [-0.39, 0.29) is 0 Å². The molecule has 0 spiro atoms. The van der Waals surface area contributed by atoms with E-state index in [1.54, 1.807) is 15.8 Å². The molecule has 0 aliphatic carbocycles. The van der Waals surface area contributed by atoms with Crippen LogP contribution in [0.1, 0.15) is 26.2 Å². The fraction of sp³-hybridized carbons (Fsp3) is 0.667. The molecule has 0 bridgehead atoms. The molecule has 1 atom stereocenters. The second kappa shape index (κ2) is 6.67. The molecule has 0 saturated carbocycles. The standard InChI is InChI=1S/C12H19BrN2O2S2/c1-2-7-15(9-10-4-3-6-14-10)19(16,17)12-11(13)5-8-18-12/h5,8,10,14H,2-4,6-7,9H2,1H3. The fourth-order valence-electron chi connectivity index (χ4n) is 2.30. The highest BCUT2D eigenvalue weighted by Crippen LogP contribution is 2.30. The minimum atomic E-state index is -3.37. The topological polar surface area (TPSA) is 49.4 Å². The Morgan fingerprint density at radius 3 is 2.89 bits per heavy atom. The highest BCUT2D eigenvalue weighted by Gasteiger charge is 2.30. The highest BCUT2D eigenvalue weighted by molar-refractivity contribution is 9.10. The number of hydrogen-bond donors (Lipinski definition) is 1. The largest absolute Gasteiger partial charge is 0.313 e. The Morgan fingerprint density at radius 1 is 1.58 bits per heavy atom. The van der Waals surface area contributed by atoms with Gasteiger partial charge in [0.05, 0.1) is 0 Å². The summed E-state index contributed by atoms with van der Waals surface area (Å²) in [7, 11) is -3.37. The van der Waals surface area contributed by atoms with Crippen LogP contribution in [-0.2, 0) is 10.0 Å². The number of nitrogens with zero attached hydrogens (tertiary/aromatic N) is 1. The lowest BCUT2D eigenvalue weighted by molar-refractivity contribution is 0.370. The fourth-order valence-corrected chi connectivity index (χ4v) is 6.33. The molecule has 1 aliphatic heterocycles. The van der Waals surface area contributed by atoms with Gasteiger partial charge in [-0.2, -0.15) is 4.31 Å². The molecule has 2 heterocycles. The Hall–Kier alpha value is 0.0500. The van der Waals surface area contributed by atoms with Gasteiger partial charge in [0.2, 0.25) is 0 Å². The second-order valence-electron chi connectivity index (χ2n) is 4.71. The Kier molecular flexibility index (Phi) is 5.42. The van der Waals surface area contributed by atoms with Crippen molar-refractivity contribution in [3.8, 4) is 0 Å². The molecule has 4 nitrogen and oxygen atoms in total. The first-order valence-corrected chi connectivity index (χ1v) is 9.63. The van der Waals surface area contributed by atoms with Crippen LogP contribution in [0.15, 0.2) is 20.1 Å². The van der Waals surface area contributed by atoms with Crippen LogP contribution in [0.25, 0.3) is 0 Å². The van der Waals surface area contributed by atoms with Gasteiger partial charge in [-0.25, -0.2) is 8.42 Å². The molecule has 2 rings (SSSR count). The van der Waals surface area contributed by atoms with Gasteiger partial charge in [-0.05, 0) is 53.2 Å². The third kappa shape index (κ3) is 3.58. The molecule has 0 amide bonds. The molecule has 1 saturated heterocycles. The first kappa shape index (κ1) is 15.4. The smallest absolute Gasteiger partial charge is 0.253 e. The maximum atomic E-state index is 12.7. The lowest BCUT2D eigenvalue weighted by Crippen LogP contribution is -2.41. The average molecular weight is 367 g/mol. The zero-order valence-electron chi connectivity index (χ0n) is 10.9. The van der Waals surface area contributed by atoms with Crippen LogP contribution < -0.4 is 5.32 Å². The Balaban J connectivity index is 2.19. The molecule has 7 heteroatoms. The van der Waals surface area contributed by atoms with Crippen LogP contribution in [0.4, 0.5) is 0 Å². The van der Waals surface area contributed by atoms with Gasteiger partial charge in [0.1, 0.15) is 4.21 Å². The summed E-state index contributed by atoms with van der Waals surface area (Å²) in [5.41, 5.74) is 0. The second-order valence-corrected chi connectivity index (χ2v) is 8.62. The van der Waals surface area contributed by atoms with Crippen molar-refractivity contribution in [2.75, 3.05) is 19.6 Å². The first-order valence-electron chi connectivity index (χ1n) is 6.52. The number of halogens is 1. The maximum Gasteiger partial charge on any atom is 0.253 e. The van der Waals surface area contributed by atoms with E-state index in [1.165, 1.54) is 11.3 Å². The van der Waals surface area contributed by atoms with Gasteiger partial charge in [-0.15, -0.1) is 11.3 Å². The van der Waals surface area contributed by atoms with Crippen LogP contribution >= 0.6 is 27.3 Å². The van der Waals surface area contributed by atoms with Crippen molar-refractivity contribution < 1.29 is 8.42 Å². The van der Waals surface area contributed by atoms with Gasteiger partial charge in [0.15, 0.2) is 0 Å². The van der Waals surface area contributed by atoms with Crippen molar-refractivity contribution >= 4 is 37.3 Å². The predicted molar refractivity (Wildman–Crippen MR) is 82.1 cm³/mol. The molecule has 1 unspecified atom stereocenters. The van der Waals surface area contributed by atoms with Gasteiger partial charge in [0, 0.05) is 23.6 Å². The van der Waals surface area contributed by atoms with Crippen molar-refractivity contribution in [3.05, 3.63) is 15.9 Å². The third-order valence-corrected chi connectivity index (χ3v) is 7.73. The highest BCUT2D eigenvalue weighted by atomic mass is 79.9. The molecule has 1 fully saturated rings. The summed E-state index contributed by atoms with van der Waals surface area (Å²) < 4.78 is 28.0. The van der Waals surface area contributed by atoms with Crippen molar-refractivity contribution in [3.63, 3.8) is 0 Å². The van der Waals surface area contributed by atoms with Crippen LogP contribution in [0.2, 0.25) is 0 Å². The molecule has 19 heavy (non-hydrogen) atoms. The summed E-state index contributed by atoms with van der Waals surface area (Å²) in [6.45, 7) is 4.15. The molecule has 0 aromatic carbocycles. The lowest BCUT2D eigenvalue weighted by atomic mass is 10.2. The minimum Gasteiger partial charge on any atom is -0.313 e. The van der Waals surface area contributed by atoms with Gasteiger partial charge in [-0.3, -0.25) is 0 Å². The molecular formula is C12H19BrN2O2S2. The molecule has 0 radical (unpaired) electrons. The molecule has 1 aliphatic rings. The zero-order chi connectivity index (χ0) is 13.9. The number of thiophene rings is 1. The van der Waals surface area contributed by atoms with Gasteiger partial charge >= 0.3 is 0 Å². The Morgan fingerprint density at radius 2 is 2.37 bits per heavy atom. The van der Waals surface area contributed by atoms with E-state index in [4.69, 9.17) is 0 Å². The van der Waals surface area contributed by atoms with E-state index in [0.717, 1.165) is 25.8 Å².